The van der Waals surface area contributed by atoms with Crippen molar-refractivity contribution in [1.29, 1.82) is 0 Å². The Morgan fingerprint density at radius 2 is 1.71 bits per heavy atom. The number of esters is 2. The average Bonchev–Trinajstić information content (AvgIpc) is 2.60. The Bertz CT molecular complexity index is 1110. The molecule has 3 rings (SSSR count). The van der Waals surface area contributed by atoms with Gasteiger partial charge in [0, 0.05) is 6.07 Å². The van der Waals surface area contributed by atoms with Crippen molar-refractivity contribution in [1.82, 2.24) is 9.38 Å². The Hall–Kier alpha value is -3.42. The number of hydrogen-bond donors (Lipinski definition) is 1. The van der Waals surface area contributed by atoms with E-state index >= 15 is 0 Å². The van der Waals surface area contributed by atoms with Gasteiger partial charge in [0.05, 0.1) is 30.8 Å². The molecule has 1 aromatic carbocycles. The van der Waals surface area contributed by atoms with E-state index in [-0.39, 0.29) is 16.6 Å². The number of carbonyl (C=O) groups is 2. The molecule has 24 heavy (non-hydrogen) atoms. The molecule has 2 heterocycles. The van der Waals surface area contributed by atoms with Crippen molar-refractivity contribution < 1.29 is 19.1 Å². The van der Waals surface area contributed by atoms with Crippen LogP contribution in [0, 0.1) is 0 Å². The number of aromatic nitrogens is 2. The summed E-state index contributed by atoms with van der Waals surface area (Å²) in [4.78, 5) is 51.7. The lowest BCUT2D eigenvalue weighted by Gasteiger charge is -2.12. The van der Waals surface area contributed by atoms with E-state index in [4.69, 9.17) is 0 Å². The van der Waals surface area contributed by atoms with E-state index in [0.29, 0.717) is 11.0 Å². The summed E-state index contributed by atoms with van der Waals surface area (Å²) in [5.74, 6) is -1.84. The summed E-state index contributed by atoms with van der Waals surface area (Å²) in [6.07, 6.45) is 0. The van der Waals surface area contributed by atoms with E-state index in [1.165, 1.54) is 0 Å². The first-order valence-electron chi connectivity index (χ1n) is 6.87. The smallest absolute Gasteiger partial charge is 0.341 e. The molecule has 0 aliphatic heterocycles. The highest BCUT2D eigenvalue weighted by molar-refractivity contribution is 6.08. The maximum absolute atomic E-state index is 12.5. The highest BCUT2D eigenvalue weighted by atomic mass is 16.5. The van der Waals surface area contributed by atoms with E-state index in [2.05, 4.69) is 14.5 Å². The Balaban J connectivity index is 2.65. The molecule has 0 fully saturated rings. The van der Waals surface area contributed by atoms with Crippen LogP contribution in [0.25, 0.3) is 16.6 Å². The van der Waals surface area contributed by atoms with Crippen LogP contribution in [0.3, 0.4) is 0 Å². The maximum atomic E-state index is 12.5. The molecule has 0 radical (unpaired) electrons. The van der Waals surface area contributed by atoms with Crippen molar-refractivity contribution in [2.45, 2.75) is 0 Å². The molecule has 8 nitrogen and oxygen atoms in total. The predicted octanol–water partition coefficient (Wildman–Crippen LogP) is 0.714. The Kier molecular flexibility index (Phi) is 3.64. The van der Waals surface area contributed by atoms with Gasteiger partial charge in [-0.2, -0.15) is 0 Å². The number of hydrogen-bond acceptors (Lipinski definition) is 6. The predicted molar refractivity (Wildman–Crippen MR) is 84.5 cm³/mol. The number of fused-ring (bicyclic) bond motifs is 3. The zero-order valence-corrected chi connectivity index (χ0v) is 12.8. The molecule has 2 aromatic heterocycles. The Morgan fingerprint density at radius 3 is 2.38 bits per heavy atom. The number of rotatable bonds is 2. The number of methoxy groups -OCH3 is 2. The largest absolute Gasteiger partial charge is 0.465 e. The van der Waals surface area contributed by atoms with Gasteiger partial charge in [-0.05, 0) is 12.1 Å². The third kappa shape index (κ3) is 2.16. The number of nitrogens with one attached hydrogen (secondary N) is 1. The van der Waals surface area contributed by atoms with Crippen LogP contribution in [0.2, 0.25) is 0 Å². The molecule has 0 aliphatic rings. The van der Waals surface area contributed by atoms with Crippen molar-refractivity contribution in [2.75, 3.05) is 14.2 Å². The summed E-state index contributed by atoms with van der Waals surface area (Å²) in [6, 6.07) is 7.56. The number of pyridine rings is 1. The highest BCUT2D eigenvalue weighted by Crippen LogP contribution is 2.17. The summed E-state index contributed by atoms with van der Waals surface area (Å²) in [7, 11) is 2.22. The van der Waals surface area contributed by atoms with Gasteiger partial charge in [0.2, 0.25) is 0 Å². The van der Waals surface area contributed by atoms with Gasteiger partial charge in [0.25, 0.3) is 11.1 Å². The van der Waals surface area contributed by atoms with Gasteiger partial charge in [-0.3, -0.25) is 14.0 Å². The Morgan fingerprint density at radius 1 is 1.04 bits per heavy atom. The van der Waals surface area contributed by atoms with Crippen LogP contribution in [0.4, 0.5) is 0 Å². The van der Waals surface area contributed by atoms with Gasteiger partial charge >= 0.3 is 11.9 Å². The van der Waals surface area contributed by atoms with E-state index in [0.717, 1.165) is 24.7 Å². The van der Waals surface area contributed by atoms with E-state index in [1.54, 1.807) is 24.3 Å². The minimum Gasteiger partial charge on any atom is -0.465 e. The summed E-state index contributed by atoms with van der Waals surface area (Å²) < 4.78 is 10.3. The van der Waals surface area contributed by atoms with Crippen molar-refractivity contribution in [3.05, 3.63) is 62.2 Å². The van der Waals surface area contributed by atoms with Crippen LogP contribution in [0.15, 0.2) is 39.9 Å². The van der Waals surface area contributed by atoms with E-state index in [9.17, 15) is 19.2 Å². The second-order valence-corrected chi connectivity index (χ2v) is 4.91. The van der Waals surface area contributed by atoms with Crippen LogP contribution in [-0.4, -0.2) is 35.5 Å². The second-order valence-electron chi connectivity index (χ2n) is 4.91. The van der Waals surface area contributed by atoms with Gasteiger partial charge in [0.1, 0.15) is 11.1 Å². The zero-order chi connectivity index (χ0) is 17.4. The summed E-state index contributed by atoms with van der Waals surface area (Å²) in [6.45, 7) is 0. The molecule has 0 bridgehead atoms. The molecule has 0 aliphatic carbocycles. The number of carbonyl (C=O) groups excluding carboxylic acids is 2. The summed E-state index contributed by atoms with van der Waals surface area (Å²) >= 11 is 0. The first-order valence-corrected chi connectivity index (χ1v) is 6.87. The first kappa shape index (κ1) is 15.5. The van der Waals surface area contributed by atoms with Crippen LogP contribution < -0.4 is 11.1 Å². The lowest BCUT2D eigenvalue weighted by atomic mass is 10.1. The molecular formula is C16H12N2O6. The molecule has 3 aromatic rings. The standard InChI is InChI=1S/C16H12N2O6/c1-23-15(21)8-7-11(19)18-10-6-4-3-5-9(10)17-14(20)13(18)12(8)16(22)24-2/h3-7H,1-2H3,(H,17,20). The third-order valence-electron chi connectivity index (χ3n) is 3.62. The number of H-pyrrole nitrogens is 1. The van der Waals surface area contributed by atoms with Crippen LogP contribution in [0.5, 0.6) is 0 Å². The van der Waals surface area contributed by atoms with E-state index in [1.807, 2.05) is 0 Å². The number of nitrogens with zero attached hydrogens (tertiary/aromatic N) is 1. The lowest BCUT2D eigenvalue weighted by Crippen LogP contribution is -2.28. The molecular weight excluding hydrogens is 316 g/mol. The monoisotopic (exact) mass is 328 g/mol. The molecule has 0 atom stereocenters. The average molecular weight is 328 g/mol. The number of benzene rings is 1. The minimum atomic E-state index is -0.923. The summed E-state index contributed by atoms with van der Waals surface area (Å²) in [5.41, 5.74) is -1.45. The molecule has 122 valence electrons. The lowest BCUT2D eigenvalue weighted by molar-refractivity contribution is 0.0556. The Labute approximate surface area is 134 Å². The van der Waals surface area contributed by atoms with Crippen LogP contribution >= 0.6 is 0 Å². The highest BCUT2D eigenvalue weighted by Gasteiger charge is 2.26. The fraction of sp³-hybridized carbons (Fsp3) is 0.125. The second kappa shape index (κ2) is 5.65. The first-order chi connectivity index (χ1) is 11.5. The van der Waals surface area contributed by atoms with Crippen molar-refractivity contribution >= 4 is 28.5 Å². The third-order valence-corrected chi connectivity index (χ3v) is 3.62. The topological polar surface area (TPSA) is 107 Å². The SMILES string of the molecule is COC(=O)c1cc(=O)n2c(c1C(=O)OC)c(=O)[nH]c1ccccc12. The maximum Gasteiger partial charge on any atom is 0.341 e. The van der Waals surface area contributed by atoms with Crippen LogP contribution in [-0.2, 0) is 9.47 Å². The number of ether oxygens (including phenoxy) is 2. The molecule has 0 unspecified atom stereocenters. The normalized spacial score (nSPS) is 10.8. The molecule has 0 saturated carbocycles. The molecule has 0 saturated heterocycles. The number of para-hydroxylation sites is 2. The van der Waals surface area contributed by atoms with Gasteiger partial charge < -0.3 is 14.5 Å². The fourth-order valence-electron chi connectivity index (χ4n) is 2.60. The summed E-state index contributed by atoms with van der Waals surface area (Å²) in [5, 5.41) is 0. The van der Waals surface area contributed by atoms with Gasteiger partial charge in [-0.1, -0.05) is 12.1 Å². The minimum absolute atomic E-state index is 0.270. The van der Waals surface area contributed by atoms with Crippen LogP contribution in [0.1, 0.15) is 20.7 Å². The molecule has 0 amide bonds. The van der Waals surface area contributed by atoms with Gasteiger partial charge in [-0.15, -0.1) is 0 Å². The molecule has 1 N–H and O–H groups in total. The van der Waals surface area contributed by atoms with Crippen molar-refractivity contribution in [3.8, 4) is 0 Å². The van der Waals surface area contributed by atoms with E-state index < -0.39 is 23.1 Å². The zero-order valence-electron chi connectivity index (χ0n) is 12.8. The quantitative estimate of drug-likeness (QED) is 0.548. The molecule has 0 spiro atoms. The number of aromatic amines is 1. The fourth-order valence-corrected chi connectivity index (χ4v) is 2.60. The van der Waals surface area contributed by atoms with Crippen molar-refractivity contribution in [3.63, 3.8) is 0 Å². The van der Waals surface area contributed by atoms with Gasteiger partial charge in [0.15, 0.2) is 0 Å². The van der Waals surface area contributed by atoms with Gasteiger partial charge in [-0.25, -0.2) is 9.59 Å². The molecule has 8 heteroatoms. The van der Waals surface area contributed by atoms with Crippen molar-refractivity contribution in [2.24, 2.45) is 0 Å².